The third-order valence-electron chi connectivity index (χ3n) is 10.7. The maximum atomic E-state index is 14.2. The van der Waals surface area contributed by atoms with E-state index in [4.69, 9.17) is 36.3 Å². The Hall–Kier alpha value is -7.01. The van der Waals surface area contributed by atoms with Gasteiger partial charge in [0.1, 0.15) is 18.1 Å². The van der Waals surface area contributed by atoms with E-state index in [-0.39, 0.29) is 22.3 Å². The number of benzene rings is 8. The molecular formula is C50H36O9S. The predicted octanol–water partition coefficient (Wildman–Crippen LogP) is 9.79. The summed E-state index contributed by atoms with van der Waals surface area (Å²) in [5, 5.41) is 6.93. The van der Waals surface area contributed by atoms with Gasteiger partial charge >= 0.3 is 23.9 Å². The molecule has 296 valence electrons. The van der Waals surface area contributed by atoms with E-state index >= 15 is 0 Å². The molecule has 1 fully saturated rings. The number of carbonyl (C=O) groups excluding carboxylic acids is 4. The van der Waals surface area contributed by atoms with Gasteiger partial charge in [-0.05, 0) is 91.6 Å². The van der Waals surface area contributed by atoms with Gasteiger partial charge in [-0.25, -0.2) is 19.2 Å². The first-order chi connectivity index (χ1) is 29.3. The Labute approximate surface area is 349 Å². The molecule has 1 aliphatic heterocycles. The van der Waals surface area contributed by atoms with Gasteiger partial charge in [-0.2, -0.15) is 0 Å². The standard InChI is InChI=1S/C50H36O9S/c51-46(38-21-17-30-9-1-5-13-34(30)25-38)55-29-42-43(57-47(52)39-22-18-31-10-2-6-14-35(31)26-39)44(58-48(53)40-23-19-32-11-3-7-15-36(32)27-40)45(50(60)56-42)59-49(54)41-24-20-33-12-4-8-16-37(33)28-41/h1-28,42-45,50,60H,29H2/t42-,43-,44+,45-,50+/m1/s1. The fourth-order valence-electron chi connectivity index (χ4n) is 7.51. The lowest BCUT2D eigenvalue weighted by Crippen LogP contribution is -2.61. The quantitative estimate of drug-likeness (QED) is 0.0865. The van der Waals surface area contributed by atoms with Crippen LogP contribution >= 0.6 is 12.6 Å². The highest BCUT2D eigenvalue weighted by atomic mass is 32.1. The van der Waals surface area contributed by atoms with Crippen molar-refractivity contribution in [2.75, 3.05) is 6.61 Å². The van der Waals surface area contributed by atoms with Crippen LogP contribution in [-0.2, 0) is 23.7 Å². The number of carbonyl (C=O) groups is 4. The Balaban J connectivity index is 1.07. The van der Waals surface area contributed by atoms with Crippen LogP contribution in [0.2, 0.25) is 0 Å². The highest BCUT2D eigenvalue weighted by molar-refractivity contribution is 7.80. The second kappa shape index (κ2) is 16.7. The van der Waals surface area contributed by atoms with Gasteiger partial charge in [0.25, 0.3) is 0 Å². The summed E-state index contributed by atoms with van der Waals surface area (Å²) in [4.78, 5) is 55.8. The lowest BCUT2D eigenvalue weighted by Gasteiger charge is -2.43. The zero-order chi connectivity index (χ0) is 41.2. The van der Waals surface area contributed by atoms with E-state index in [2.05, 4.69) is 0 Å². The van der Waals surface area contributed by atoms with E-state index in [1.807, 2.05) is 103 Å². The van der Waals surface area contributed by atoms with Crippen LogP contribution in [0.3, 0.4) is 0 Å². The minimum atomic E-state index is -1.49. The van der Waals surface area contributed by atoms with Gasteiger partial charge < -0.3 is 23.7 Å². The lowest BCUT2D eigenvalue weighted by atomic mass is 9.98. The number of ether oxygens (including phenoxy) is 5. The van der Waals surface area contributed by atoms with E-state index < -0.39 is 60.3 Å². The third-order valence-corrected chi connectivity index (χ3v) is 11.1. The molecule has 0 N–H and O–H groups in total. The van der Waals surface area contributed by atoms with Crippen LogP contribution in [-0.4, -0.2) is 60.3 Å². The molecule has 0 radical (unpaired) electrons. The van der Waals surface area contributed by atoms with Crippen molar-refractivity contribution < 1.29 is 42.9 Å². The molecule has 0 spiro atoms. The molecule has 0 aliphatic carbocycles. The van der Waals surface area contributed by atoms with Gasteiger partial charge in [0.2, 0.25) is 0 Å². The second-order valence-electron chi connectivity index (χ2n) is 14.5. The molecule has 1 aliphatic rings. The molecule has 60 heavy (non-hydrogen) atoms. The molecule has 0 amide bonds. The average Bonchev–Trinajstić information content (AvgIpc) is 3.29. The van der Waals surface area contributed by atoms with E-state index in [0.29, 0.717) is 0 Å². The van der Waals surface area contributed by atoms with Crippen LogP contribution in [0.4, 0.5) is 0 Å². The average molecular weight is 813 g/mol. The number of esters is 4. The number of rotatable bonds is 9. The minimum absolute atomic E-state index is 0.203. The number of hydrogen-bond donors (Lipinski definition) is 1. The van der Waals surface area contributed by atoms with Crippen molar-refractivity contribution in [2.45, 2.75) is 29.9 Å². The van der Waals surface area contributed by atoms with Crippen molar-refractivity contribution in [1.29, 1.82) is 0 Å². The van der Waals surface area contributed by atoms with Crippen molar-refractivity contribution in [1.82, 2.24) is 0 Å². The van der Waals surface area contributed by atoms with E-state index in [9.17, 15) is 19.2 Å². The molecule has 10 heteroatoms. The first-order valence-corrected chi connectivity index (χ1v) is 19.9. The molecule has 0 aromatic heterocycles. The summed E-state index contributed by atoms with van der Waals surface area (Å²) in [6, 6.07) is 50.7. The Bertz CT molecular complexity index is 2950. The normalized spacial score (nSPS) is 18.9. The van der Waals surface area contributed by atoms with Crippen LogP contribution in [0.25, 0.3) is 43.1 Å². The maximum absolute atomic E-state index is 14.2. The highest BCUT2D eigenvalue weighted by Crippen LogP contribution is 2.33. The second-order valence-corrected chi connectivity index (χ2v) is 15.0. The van der Waals surface area contributed by atoms with Gasteiger partial charge in [0.05, 0.1) is 22.3 Å². The maximum Gasteiger partial charge on any atom is 0.338 e. The fourth-order valence-corrected chi connectivity index (χ4v) is 7.90. The van der Waals surface area contributed by atoms with Crippen molar-refractivity contribution in [2.24, 2.45) is 0 Å². The Morgan fingerprint density at radius 3 is 1.10 bits per heavy atom. The van der Waals surface area contributed by atoms with Gasteiger partial charge in [-0.1, -0.05) is 121 Å². The zero-order valence-electron chi connectivity index (χ0n) is 31.9. The molecule has 8 aromatic rings. The van der Waals surface area contributed by atoms with Crippen LogP contribution < -0.4 is 0 Å². The molecule has 5 atom stereocenters. The molecule has 8 aromatic carbocycles. The zero-order valence-corrected chi connectivity index (χ0v) is 32.8. The van der Waals surface area contributed by atoms with Crippen LogP contribution in [0.5, 0.6) is 0 Å². The third kappa shape index (κ3) is 8.03. The van der Waals surface area contributed by atoms with Gasteiger partial charge in [0.15, 0.2) is 18.3 Å². The summed E-state index contributed by atoms with van der Waals surface area (Å²) in [7, 11) is 0. The van der Waals surface area contributed by atoms with Crippen LogP contribution in [0.15, 0.2) is 170 Å². The van der Waals surface area contributed by atoms with E-state index in [1.165, 1.54) is 0 Å². The van der Waals surface area contributed by atoms with Gasteiger partial charge in [-0.15, -0.1) is 12.6 Å². The molecule has 9 rings (SSSR count). The summed E-state index contributed by atoms with van der Waals surface area (Å²) >= 11 is 4.70. The Morgan fingerprint density at radius 2 is 0.717 bits per heavy atom. The van der Waals surface area contributed by atoms with E-state index in [1.54, 1.807) is 66.7 Å². The molecule has 1 heterocycles. The number of thiol groups is 1. The predicted molar refractivity (Wildman–Crippen MR) is 231 cm³/mol. The molecule has 0 saturated carbocycles. The molecule has 1 saturated heterocycles. The number of hydrogen-bond acceptors (Lipinski definition) is 10. The van der Waals surface area contributed by atoms with Crippen molar-refractivity contribution in [3.8, 4) is 0 Å². The van der Waals surface area contributed by atoms with Crippen LogP contribution in [0.1, 0.15) is 41.4 Å². The number of fused-ring (bicyclic) bond motifs is 4. The topological polar surface area (TPSA) is 114 Å². The van der Waals surface area contributed by atoms with Crippen molar-refractivity contribution >= 4 is 79.6 Å². The SMILES string of the molecule is O=C(OC[C@H]1O[C@@H](S)[C@H](OC(=O)c2ccc3ccccc3c2)[C@@H](OC(=O)c2ccc3ccccc3c2)[C@@H]1OC(=O)c1ccc2ccccc2c1)c1ccc2ccccc2c1. The fraction of sp³-hybridized carbons (Fsp3) is 0.120. The first kappa shape index (κ1) is 38.5. The summed E-state index contributed by atoms with van der Waals surface area (Å²) < 4.78 is 30.7. The van der Waals surface area contributed by atoms with Crippen LogP contribution in [0, 0.1) is 0 Å². The largest absolute Gasteiger partial charge is 0.459 e. The van der Waals surface area contributed by atoms with Crippen molar-refractivity contribution in [3.63, 3.8) is 0 Å². The van der Waals surface area contributed by atoms with Crippen molar-refractivity contribution in [3.05, 3.63) is 192 Å². The summed E-state index contributed by atoms with van der Waals surface area (Å²) in [6.45, 7) is -0.437. The Kier molecular flexibility index (Phi) is 10.7. The smallest absolute Gasteiger partial charge is 0.338 e. The first-order valence-electron chi connectivity index (χ1n) is 19.4. The minimum Gasteiger partial charge on any atom is -0.459 e. The monoisotopic (exact) mass is 812 g/mol. The van der Waals surface area contributed by atoms with Gasteiger partial charge in [-0.3, -0.25) is 0 Å². The van der Waals surface area contributed by atoms with E-state index in [0.717, 1.165) is 43.1 Å². The summed E-state index contributed by atoms with van der Waals surface area (Å²) in [6.07, 6.45) is -5.58. The molecule has 0 bridgehead atoms. The summed E-state index contributed by atoms with van der Waals surface area (Å²) in [5.41, 5.74) is -0.306. The molecule has 0 unspecified atom stereocenters. The highest BCUT2D eigenvalue weighted by Gasteiger charge is 2.52. The Morgan fingerprint density at radius 1 is 0.400 bits per heavy atom. The lowest BCUT2D eigenvalue weighted by molar-refractivity contribution is -0.206. The van der Waals surface area contributed by atoms with Gasteiger partial charge in [0, 0.05) is 0 Å². The summed E-state index contributed by atoms with van der Waals surface area (Å²) in [5.74, 6) is -2.96. The molecule has 9 nitrogen and oxygen atoms in total. The molecular weight excluding hydrogens is 777 g/mol.